The van der Waals surface area contributed by atoms with E-state index >= 15 is 0 Å². The second-order valence-corrected chi connectivity index (χ2v) is 8.12. The zero-order valence-corrected chi connectivity index (χ0v) is 15.7. The monoisotopic (exact) mass is 328 g/mol. The lowest BCUT2D eigenvalue weighted by Crippen LogP contribution is -2.50. The molecule has 0 aliphatic heterocycles. The van der Waals surface area contributed by atoms with Crippen LogP contribution in [-0.4, -0.2) is 12.6 Å². The van der Waals surface area contributed by atoms with Crippen LogP contribution < -0.4 is 0 Å². The number of carbonyl (C=O) groups is 2. The Morgan fingerprint density at radius 2 is 1.96 bits per heavy atom. The predicted octanol–water partition coefficient (Wildman–Crippen LogP) is 5.59. The van der Waals surface area contributed by atoms with Crippen molar-refractivity contribution in [3.8, 4) is 0 Å². The van der Waals surface area contributed by atoms with Crippen LogP contribution >= 0.6 is 0 Å². The number of hydrogen-bond acceptors (Lipinski definition) is 2. The Morgan fingerprint density at radius 3 is 2.46 bits per heavy atom. The summed E-state index contributed by atoms with van der Waals surface area (Å²) in [6.45, 7) is 8.48. The number of hydrogen-bond donors (Lipinski definition) is 0. The van der Waals surface area contributed by atoms with Crippen LogP contribution in [0.3, 0.4) is 0 Å². The normalized spacial score (nSPS) is 33.2. The number of rotatable bonds is 6. The molecular weight excluding hydrogens is 296 g/mol. The average Bonchev–Trinajstić information content (AvgIpc) is 2.56. The maximum atomic E-state index is 12.2. The van der Waals surface area contributed by atoms with Gasteiger partial charge in [0.25, 0.3) is 0 Å². The van der Waals surface area contributed by atoms with Crippen molar-refractivity contribution in [3.05, 3.63) is 34.9 Å². The van der Waals surface area contributed by atoms with Crippen LogP contribution in [0.25, 0.3) is 0 Å². The molecule has 24 heavy (non-hydrogen) atoms. The van der Waals surface area contributed by atoms with E-state index < -0.39 is 10.8 Å². The molecule has 0 N–H and O–H groups in total. The molecular formula is C22H32O2. The third-order valence-electron chi connectivity index (χ3n) is 6.31. The lowest BCUT2D eigenvalue weighted by atomic mass is 9.51. The molecule has 2 aliphatic carbocycles. The molecule has 0 spiro atoms. The molecule has 2 nitrogen and oxygen atoms in total. The average molecular weight is 328 g/mol. The van der Waals surface area contributed by atoms with Gasteiger partial charge in [-0.2, -0.15) is 0 Å². The molecule has 3 atom stereocenters. The smallest absolute Gasteiger partial charge is 0.127 e. The summed E-state index contributed by atoms with van der Waals surface area (Å²) in [5, 5.41) is 0. The van der Waals surface area contributed by atoms with Gasteiger partial charge in [0.2, 0.25) is 0 Å². The van der Waals surface area contributed by atoms with Gasteiger partial charge in [-0.3, -0.25) is 0 Å². The Labute approximate surface area is 147 Å². The quantitative estimate of drug-likeness (QED) is 0.470. The van der Waals surface area contributed by atoms with Gasteiger partial charge in [0.15, 0.2) is 0 Å². The summed E-state index contributed by atoms with van der Waals surface area (Å²) < 4.78 is 0. The summed E-state index contributed by atoms with van der Waals surface area (Å²) in [5.74, 6) is 0.134. The van der Waals surface area contributed by atoms with Crippen molar-refractivity contribution >= 4 is 12.6 Å². The van der Waals surface area contributed by atoms with E-state index in [9.17, 15) is 9.59 Å². The number of aldehydes is 2. The SMILES string of the molecule is CC(C)=CCCC1=CCC(C=O)(C2(C=O)CCC(C)=CC2C)CC1. The molecule has 2 heteroatoms. The molecule has 0 fully saturated rings. The van der Waals surface area contributed by atoms with Crippen LogP contribution in [0.15, 0.2) is 34.9 Å². The summed E-state index contributed by atoms with van der Waals surface area (Å²) in [4.78, 5) is 24.3. The Bertz CT molecular complexity index is 577. The fraction of sp³-hybridized carbons (Fsp3) is 0.636. The summed E-state index contributed by atoms with van der Waals surface area (Å²) in [6, 6.07) is 0. The van der Waals surface area contributed by atoms with Crippen LogP contribution in [0.5, 0.6) is 0 Å². The lowest BCUT2D eigenvalue weighted by Gasteiger charge is -2.50. The molecule has 0 aromatic heterocycles. The Balaban J connectivity index is 2.21. The number of carbonyl (C=O) groups excluding carboxylic acids is 2. The standard InChI is InChI=1S/C22H32O2/c1-17(2)6-5-7-20-9-11-21(15-23,12-10-20)22(16-24)13-8-18(3)14-19(22)4/h6,9,14-16,19H,5,7-8,10-13H2,1-4H3. The maximum Gasteiger partial charge on any atom is 0.127 e. The summed E-state index contributed by atoms with van der Waals surface area (Å²) in [5.41, 5.74) is 3.09. The zero-order valence-electron chi connectivity index (χ0n) is 15.7. The number of allylic oxidation sites excluding steroid dienone is 6. The molecule has 0 saturated carbocycles. The summed E-state index contributed by atoms with van der Waals surface area (Å²) in [7, 11) is 0. The van der Waals surface area contributed by atoms with E-state index in [1.165, 1.54) is 16.7 Å². The first-order chi connectivity index (χ1) is 11.4. The van der Waals surface area contributed by atoms with Gasteiger partial charge in [-0.05, 0) is 71.6 Å². The van der Waals surface area contributed by atoms with Crippen LogP contribution in [0, 0.1) is 16.7 Å². The van der Waals surface area contributed by atoms with E-state index in [4.69, 9.17) is 0 Å². The largest absolute Gasteiger partial charge is 0.303 e. The fourth-order valence-electron chi connectivity index (χ4n) is 4.60. The molecule has 2 rings (SSSR count). The highest BCUT2D eigenvalue weighted by atomic mass is 16.1. The lowest BCUT2D eigenvalue weighted by molar-refractivity contribution is -0.140. The predicted molar refractivity (Wildman–Crippen MR) is 99.7 cm³/mol. The van der Waals surface area contributed by atoms with Gasteiger partial charge in [0, 0.05) is 10.8 Å². The summed E-state index contributed by atoms with van der Waals surface area (Å²) in [6.07, 6.45) is 15.3. The van der Waals surface area contributed by atoms with Crippen LogP contribution in [0.1, 0.15) is 72.6 Å². The topological polar surface area (TPSA) is 34.1 Å². The van der Waals surface area contributed by atoms with Gasteiger partial charge in [-0.25, -0.2) is 0 Å². The van der Waals surface area contributed by atoms with E-state index in [0.717, 1.165) is 57.5 Å². The van der Waals surface area contributed by atoms with Crippen molar-refractivity contribution in [2.24, 2.45) is 16.7 Å². The van der Waals surface area contributed by atoms with Crippen LogP contribution in [0.2, 0.25) is 0 Å². The highest BCUT2D eigenvalue weighted by molar-refractivity contribution is 5.75. The molecule has 0 saturated heterocycles. The Kier molecular flexibility index (Phi) is 6.01. The first-order valence-corrected chi connectivity index (χ1v) is 9.30. The van der Waals surface area contributed by atoms with Crippen molar-refractivity contribution in [1.29, 1.82) is 0 Å². The molecule has 0 radical (unpaired) electrons. The highest BCUT2D eigenvalue weighted by Gasteiger charge is 2.54. The third-order valence-corrected chi connectivity index (χ3v) is 6.31. The van der Waals surface area contributed by atoms with Crippen LogP contribution in [-0.2, 0) is 9.59 Å². The minimum Gasteiger partial charge on any atom is -0.303 e. The zero-order chi connectivity index (χ0) is 17.8. The second kappa shape index (κ2) is 7.63. The minimum absolute atomic E-state index is 0.134. The van der Waals surface area contributed by atoms with E-state index in [1.54, 1.807) is 0 Å². The molecule has 0 bridgehead atoms. The molecule has 0 aromatic carbocycles. The summed E-state index contributed by atoms with van der Waals surface area (Å²) >= 11 is 0. The molecule has 3 unspecified atom stereocenters. The highest BCUT2D eigenvalue weighted by Crippen LogP contribution is 2.56. The van der Waals surface area contributed by atoms with Crippen molar-refractivity contribution < 1.29 is 9.59 Å². The van der Waals surface area contributed by atoms with Crippen molar-refractivity contribution in [3.63, 3.8) is 0 Å². The van der Waals surface area contributed by atoms with E-state index in [2.05, 4.69) is 45.9 Å². The van der Waals surface area contributed by atoms with Gasteiger partial charge in [-0.15, -0.1) is 0 Å². The van der Waals surface area contributed by atoms with E-state index in [0.29, 0.717) is 0 Å². The molecule has 0 aromatic rings. The fourth-order valence-corrected chi connectivity index (χ4v) is 4.60. The van der Waals surface area contributed by atoms with Gasteiger partial charge < -0.3 is 9.59 Å². The second-order valence-electron chi connectivity index (χ2n) is 8.12. The molecule has 2 aliphatic rings. The maximum absolute atomic E-state index is 12.2. The van der Waals surface area contributed by atoms with Crippen molar-refractivity contribution in [2.75, 3.05) is 0 Å². The third kappa shape index (κ3) is 3.48. The molecule has 132 valence electrons. The Hall–Kier alpha value is -1.44. The van der Waals surface area contributed by atoms with Crippen molar-refractivity contribution in [1.82, 2.24) is 0 Å². The van der Waals surface area contributed by atoms with E-state index in [-0.39, 0.29) is 5.92 Å². The van der Waals surface area contributed by atoms with Gasteiger partial charge >= 0.3 is 0 Å². The molecule has 0 heterocycles. The Morgan fingerprint density at radius 1 is 1.21 bits per heavy atom. The van der Waals surface area contributed by atoms with Gasteiger partial charge in [-0.1, -0.05) is 41.9 Å². The first-order valence-electron chi connectivity index (χ1n) is 9.30. The van der Waals surface area contributed by atoms with Crippen LogP contribution in [0.4, 0.5) is 0 Å². The minimum atomic E-state index is -0.532. The van der Waals surface area contributed by atoms with Crippen molar-refractivity contribution in [2.45, 2.75) is 72.6 Å². The first kappa shape index (κ1) is 18.9. The van der Waals surface area contributed by atoms with Gasteiger partial charge in [0.1, 0.15) is 12.6 Å². The van der Waals surface area contributed by atoms with E-state index in [1.807, 2.05) is 0 Å². The molecule has 0 amide bonds. The van der Waals surface area contributed by atoms with Gasteiger partial charge in [0.05, 0.1) is 0 Å².